The molecule has 0 saturated heterocycles. The average Bonchev–Trinajstić information content (AvgIpc) is 2.28. The van der Waals surface area contributed by atoms with Crippen molar-refractivity contribution in [3.8, 4) is 0 Å². The molecule has 18 heavy (non-hydrogen) atoms. The van der Waals surface area contributed by atoms with E-state index in [4.69, 9.17) is 14.6 Å². The number of esters is 1. The van der Waals surface area contributed by atoms with Crippen molar-refractivity contribution < 1.29 is 23.9 Å². The molecule has 0 bridgehead atoms. The number of carbonyl (C=O) groups excluding carboxylic acids is 1. The van der Waals surface area contributed by atoms with Crippen LogP contribution in [-0.4, -0.2) is 42.4 Å². The SMILES string of the molecule is CCOC(=O)C(CC(C)C)(C[PH](=O)CO)OCC. The lowest BCUT2D eigenvalue weighted by Crippen LogP contribution is -2.46. The number of rotatable bonds is 9. The third kappa shape index (κ3) is 5.51. The van der Waals surface area contributed by atoms with E-state index < -0.39 is 25.7 Å². The maximum Gasteiger partial charge on any atom is 0.338 e. The average molecular weight is 280 g/mol. The second-order valence-corrected chi connectivity index (χ2v) is 6.37. The van der Waals surface area contributed by atoms with Gasteiger partial charge < -0.3 is 19.1 Å². The molecule has 1 N–H and O–H groups in total. The number of hydrogen-bond donors (Lipinski definition) is 1. The quantitative estimate of drug-likeness (QED) is 0.515. The summed E-state index contributed by atoms with van der Waals surface area (Å²) in [4.78, 5) is 12.1. The predicted octanol–water partition coefficient (Wildman–Crippen LogP) is 1.88. The lowest BCUT2D eigenvalue weighted by atomic mass is 9.94. The summed E-state index contributed by atoms with van der Waals surface area (Å²) >= 11 is 0. The molecule has 108 valence electrons. The fourth-order valence-corrected chi connectivity index (χ4v) is 3.11. The molecule has 0 saturated carbocycles. The van der Waals surface area contributed by atoms with Gasteiger partial charge in [0.15, 0.2) is 5.60 Å². The van der Waals surface area contributed by atoms with Crippen LogP contribution in [0.5, 0.6) is 0 Å². The van der Waals surface area contributed by atoms with Gasteiger partial charge in [-0.1, -0.05) is 13.8 Å². The Labute approximate surface area is 110 Å². The molecule has 2 unspecified atom stereocenters. The molecule has 0 aromatic carbocycles. The molecule has 0 aromatic heterocycles. The Balaban J connectivity index is 5.12. The lowest BCUT2D eigenvalue weighted by Gasteiger charge is -2.32. The fourth-order valence-electron chi connectivity index (χ4n) is 1.97. The molecule has 0 rings (SSSR count). The van der Waals surface area contributed by atoms with E-state index in [2.05, 4.69) is 0 Å². The Morgan fingerprint density at radius 3 is 2.33 bits per heavy atom. The Morgan fingerprint density at radius 2 is 1.94 bits per heavy atom. The molecule has 0 aromatic rings. The second-order valence-electron chi connectivity index (χ2n) is 4.62. The summed E-state index contributed by atoms with van der Waals surface area (Å²) in [5, 5.41) is 8.94. The Hall–Kier alpha value is -0.380. The van der Waals surface area contributed by atoms with Crippen molar-refractivity contribution in [2.24, 2.45) is 5.92 Å². The molecule has 0 radical (unpaired) electrons. The van der Waals surface area contributed by atoms with Gasteiger partial charge in [-0.3, -0.25) is 0 Å². The molecule has 0 spiro atoms. The van der Waals surface area contributed by atoms with Crippen molar-refractivity contribution in [2.75, 3.05) is 25.7 Å². The first-order chi connectivity index (χ1) is 8.41. The zero-order chi connectivity index (χ0) is 14.2. The van der Waals surface area contributed by atoms with E-state index >= 15 is 0 Å². The van der Waals surface area contributed by atoms with Crippen LogP contribution in [0.15, 0.2) is 0 Å². The van der Waals surface area contributed by atoms with Gasteiger partial charge >= 0.3 is 5.97 Å². The Kier molecular flexibility index (Phi) is 8.49. The standard InChI is InChI=1S/C12H25O5P/c1-5-16-11(14)12(17-6-2,7-10(3)4)8-18(15)9-13/h10,13,18H,5-9H2,1-4H3. The highest BCUT2D eigenvalue weighted by atomic mass is 31.1. The molecule has 2 atom stereocenters. The summed E-state index contributed by atoms with van der Waals surface area (Å²) in [6.07, 6.45) is 0.0755. The van der Waals surface area contributed by atoms with Crippen molar-refractivity contribution in [1.82, 2.24) is 0 Å². The van der Waals surface area contributed by atoms with E-state index in [1.165, 1.54) is 0 Å². The van der Waals surface area contributed by atoms with Crippen molar-refractivity contribution in [3.63, 3.8) is 0 Å². The second kappa shape index (κ2) is 8.68. The summed E-state index contributed by atoms with van der Waals surface area (Å²) in [5.41, 5.74) is -1.18. The molecular weight excluding hydrogens is 255 g/mol. The van der Waals surface area contributed by atoms with Gasteiger partial charge in [-0.2, -0.15) is 0 Å². The van der Waals surface area contributed by atoms with Crippen LogP contribution in [0.25, 0.3) is 0 Å². The van der Waals surface area contributed by atoms with Gasteiger partial charge in [0.1, 0.15) is 7.80 Å². The minimum absolute atomic E-state index is 0.0407. The van der Waals surface area contributed by atoms with Gasteiger partial charge in [0.05, 0.1) is 13.0 Å². The Bertz CT molecular complexity index is 280. The lowest BCUT2D eigenvalue weighted by molar-refractivity contribution is -0.171. The van der Waals surface area contributed by atoms with Crippen LogP contribution in [-0.2, 0) is 18.8 Å². The zero-order valence-electron chi connectivity index (χ0n) is 11.7. The number of hydrogen-bond acceptors (Lipinski definition) is 5. The maximum absolute atomic E-state index is 12.1. The summed E-state index contributed by atoms with van der Waals surface area (Å²) in [6, 6.07) is 0. The number of carbonyl (C=O) groups is 1. The molecule has 0 aliphatic rings. The number of aliphatic hydroxyl groups is 1. The van der Waals surface area contributed by atoms with Gasteiger partial charge in [-0.05, 0) is 26.2 Å². The van der Waals surface area contributed by atoms with Crippen LogP contribution < -0.4 is 0 Å². The summed E-state index contributed by atoms with van der Waals surface area (Å²) in [7, 11) is -2.24. The van der Waals surface area contributed by atoms with Crippen LogP contribution in [0, 0.1) is 5.92 Å². The van der Waals surface area contributed by atoms with E-state index in [-0.39, 0.29) is 18.7 Å². The third-order valence-corrected chi connectivity index (χ3v) is 3.78. The van der Waals surface area contributed by atoms with Crippen LogP contribution >= 0.6 is 7.80 Å². The van der Waals surface area contributed by atoms with E-state index in [1.54, 1.807) is 13.8 Å². The van der Waals surface area contributed by atoms with Gasteiger partial charge in [-0.25, -0.2) is 4.79 Å². The van der Waals surface area contributed by atoms with Crippen LogP contribution in [0.1, 0.15) is 34.1 Å². The highest BCUT2D eigenvalue weighted by Gasteiger charge is 2.42. The minimum atomic E-state index is -2.24. The summed E-state index contributed by atoms with van der Waals surface area (Å²) in [5.74, 6) is -0.276. The van der Waals surface area contributed by atoms with Crippen molar-refractivity contribution >= 4 is 13.8 Å². The monoisotopic (exact) mass is 280 g/mol. The normalized spacial score (nSPS) is 16.3. The van der Waals surface area contributed by atoms with Crippen molar-refractivity contribution in [3.05, 3.63) is 0 Å². The molecule has 0 fully saturated rings. The van der Waals surface area contributed by atoms with Gasteiger partial charge in [0, 0.05) is 12.8 Å². The zero-order valence-corrected chi connectivity index (χ0v) is 12.7. The topological polar surface area (TPSA) is 72.8 Å². The number of ether oxygens (including phenoxy) is 2. The van der Waals surface area contributed by atoms with Gasteiger partial charge in [0.25, 0.3) is 0 Å². The third-order valence-electron chi connectivity index (χ3n) is 2.47. The summed E-state index contributed by atoms with van der Waals surface area (Å²) < 4.78 is 22.2. The molecule has 0 aliphatic carbocycles. The van der Waals surface area contributed by atoms with Crippen LogP contribution in [0.2, 0.25) is 0 Å². The minimum Gasteiger partial charge on any atom is -0.464 e. The Morgan fingerprint density at radius 1 is 1.33 bits per heavy atom. The van der Waals surface area contributed by atoms with E-state index in [9.17, 15) is 9.36 Å². The van der Waals surface area contributed by atoms with E-state index in [0.29, 0.717) is 13.0 Å². The molecule has 5 nitrogen and oxygen atoms in total. The predicted molar refractivity (Wildman–Crippen MR) is 71.4 cm³/mol. The highest BCUT2D eigenvalue weighted by molar-refractivity contribution is 7.44. The molecule has 6 heteroatoms. The molecule has 0 heterocycles. The molecular formula is C12H25O5P. The van der Waals surface area contributed by atoms with Crippen LogP contribution in [0.4, 0.5) is 0 Å². The van der Waals surface area contributed by atoms with E-state index in [1.807, 2.05) is 13.8 Å². The van der Waals surface area contributed by atoms with Crippen molar-refractivity contribution in [1.29, 1.82) is 0 Å². The van der Waals surface area contributed by atoms with E-state index in [0.717, 1.165) is 0 Å². The largest absolute Gasteiger partial charge is 0.464 e. The first kappa shape index (κ1) is 17.6. The number of aliphatic hydroxyl groups excluding tert-OH is 1. The molecule has 0 aliphatic heterocycles. The van der Waals surface area contributed by atoms with Gasteiger partial charge in [-0.15, -0.1) is 0 Å². The van der Waals surface area contributed by atoms with Crippen molar-refractivity contribution in [2.45, 2.75) is 39.7 Å². The van der Waals surface area contributed by atoms with Crippen LogP contribution in [0.3, 0.4) is 0 Å². The molecule has 0 amide bonds. The highest BCUT2D eigenvalue weighted by Crippen LogP contribution is 2.33. The van der Waals surface area contributed by atoms with Gasteiger partial charge in [0.2, 0.25) is 0 Å². The maximum atomic E-state index is 12.1. The first-order valence-electron chi connectivity index (χ1n) is 6.35. The fraction of sp³-hybridized carbons (Fsp3) is 0.917. The first-order valence-corrected chi connectivity index (χ1v) is 8.17. The summed E-state index contributed by atoms with van der Waals surface area (Å²) in [6.45, 7) is 8.02. The smallest absolute Gasteiger partial charge is 0.338 e.